The van der Waals surface area contributed by atoms with Crippen molar-refractivity contribution in [3.63, 3.8) is 0 Å². The van der Waals surface area contributed by atoms with Crippen molar-refractivity contribution in [2.24, 2.45) is 11.1 Å². The largest absolute Gasteiger partial charge is 0.413 e. The van der Waals surface area contributed by atoms with Gasteiger partial charge in [-0.2, -0.15) is 18.3 Å². The van der Waals surface area contributed by atoms with Crippen molar-refractivity contribution < 1.29 is 27.3 Å². The van der Waals surface area contributed by atoms with Gasteiger partial charge in [-0.25, -0.2) is 4.68 Å². The number of hydrogen-bond acceptors (Lipinski definition) is 6. The number of amides is 2. The fourth-order valence-corrected chi connectivity index (χ4v) is 5.72. The third kappa shape index (κ3) is 3.94. The number of nitrogens with zero attached hydrogens (tertiary/aromatic N) is 3. The molecule has 2 bridgehead atoms. The second-order valence-electron chi connectivity index (χ2n) is 11.1. The molecular weight excluding hydrogens is 489 g/mol. The van der Waals surface area contributed by atoms with Gasteiger partial charge in [-0.15, -0.1) is 0 Å². The van der Waals surface area contributed by atoms with Crippen molar-refractivity contribution >= 4 is 23.5 Å². The Labute approximate surface area is 210 Å². The van der Waals surface area contributed by atoms with Gasteiger partial charge in [-0.05, 0) is 44.1 Å². The summed E-state index contributed by atoms with van der Waals surface area (Å²) in [5.41, 5.74) is 10.8. The Morgan fingerprint density at radius 1 is 1.16 bits per heavy atom. The van der Waals surface area contributed by atoms with Crippen molar-refractivity contribution in [1.82, 2.24) is 14.9 Å². The Morgan fingerprint density at radius 3 is 2.32 bits per heavy atom. The monoisotopic (exact) mass is 516 g/mol. The van der Waals surface area contributed by atoms with E-state index in [9.17, 15) is 22.8 Å². The van der Waals surface area contributed by atoms with Gasteiger partial charge in [-0.3, -0.25) is 14.9 Å². The second kappa shape index (κ2) is 7.83. The van der Waals surface area contributed by atoms with Gasteiger partial charge in [0.2, 0.25) is 11.8 Å². The van der Waals surface area contributed by atoms with Gasteiger partial charge < -0.3 is 16.0 Å². The molecule has 0 atom stereocenters. The van der Waals surface area contributed by atoms with Crippen molar-refractivity contribution in [3.8, 4) is 11.3 Å². The molecule has 9 nitrogen and oxygen atoms in total. The molecular formula is C25H27F3N6O3. The average Bonchev–Trinajstić information content (AvgIpc) is 3.35. The van der Waals surface area contributed by atoms with E-state index in [0.29, 0.717) is 21.2 Å². The van der Waals surface area contributed by atoms with E-state index in [2.05, 4.69) is 22.5 Å². The van der Waals surface area contributed by atoms with Crippen molar-refractivity contribution in [1.29, 1.82) is 0 Å². The number of aromatic nitrogens is 3. The molecule has 0 aliphatic heterocycles. The summed E-state index contributed by atoms with van der Waals surface area (Å²) in [5.74, 6) is -1.52. The molecule has 0 saturated heterocycles. The molecule has 0 radical (unpaired) electrons. The fourth-order valence-electron chi connectivity index (χ4n) is 5.72. The first kappa shape index (κ1) is 24.8. The molecule has 1 aromatic carbocycles. The van der Waals surface area contributed by atoms with Crippen LogP contribution in [0.2, 0.25) is 0 Å². The van der Waals surface area contributed by atoms with Crippen LogP contribution in [0.3, 0.4) is 0 Å². The first-order valence-corrected chi connectivity index (χ1v) is 11.8. The average molecular weight is 517 g/mol. The third-order valence-corrected chi connectivity index (χ3v) is 7.59. The van der Waals surface area contributed by atoms with Crippen molar-refractivity contribution in [3.05, 3.63) is 47.2 Å². The molecule has 3 fully saturated rings. The Balaban J connectivity index is 1.30. The molecule has 0 unspecified atom stereocenters. The minimum Gasteiger partial charge on any atom is -0.383 e. The number of alkyl halides is 3. The summed E-state index contributed by atoms with van der Waals surface area (Å²) >= 11 is 0. The Bertz CT molecular complexity index is 1380. The zero-order valence-electron chi connectivity index (χ0n) is 20.6. The van der Waals surface area contributed by atoms with E-state index >= 15 is 0 Å². The van der Waals surface area contributed by atoms with Crippen LogP contribution in [0.4, 0.5) is 24.9 Å². The number of benzene rings is 1. The van der Waals surface area contributed by atoms with E-state index < -0.39 is 23.4 Å². The number of hydrogen-bond donors (Lipinski definition) is 3. The predicted octanol–water partition coefficient (Wildman–Crippen LogP) is 4.14. The van der Waals surface area contributed by atoms with E-state index in [0.717, 1.165) is 38.8 Å². The minimum atomic E-state index is -4.68. The maximum Gasteiger partial charge on any atom is 0.413 e. The standard InChI is InChI=1S/C25H27F3N6O3/c1-22(2,25(26,27)28)34-20(29)18(21(30)36)19(32-34)14-6-4-13(5-7-14)8-16(35)31-17-9-15(33-37-17)24-10-23(3,11-24)12-24/h4-7,9H,8,10-12,29H2,1-3H3,(H2,30,36)(H,31,35). The van der Waals surface area contributed by atoms with Crippen molar-refractivity contribution in [2.45, 2.75) is 63.6 Å². The SMILES string of the molecule is CC12CC(c3cc(NC(=O)Cc4ccc(-c5nn(C(C)(C)C(F)(F)F)c(N)c5C(N)=O)cc4)on3)(C1)C2. The first-order valence-electron chi connectivity index (χ1n) is 11.8. The van der Waals surface area contributed by atoms with Gasteiger partial charge >= 0.3 is 6.18 Å². The second-order valence-corrected chi connectivity index (χ2v) is 11.1. The zero-order chi connectivity index (χ0) is 27.0. The highest BCUT2D eigenvalue weighted by molar-refractivity contribution is 6.03. The fraction of sp³-hybridized carbons (Fsp3) is 0.440. The van der Waals surface area contributed by atoms with E-state index in [1.54, 1.807) is 18.2 Å². The predicted molar refractivity (Wildman–Crippen MR) is 128 cm³/mol. The van der Waals surface area contributed by atoms with Crippen molar-refractivity contribution in [2.75, 3.05) is 11.1 Å². The summed E-state index contributed by atoms with van der Waals surface area (Å²) in [6, 6.07) is 8.07. The number of nitrogen functional groups attached to an aromatic ring is 1. The van der Waals surface area contributed by atoms with Crippen LogP contribution in [-0.2, 0) is 22.2 Å². The lowest BCUT2D eigenvalue weighted by atomic mass is 9.35. The lowest BCUT2D eigenvalue weighted by Crippen LogP contribution is -2.62. The maximum atomic E-state index is 13.6. The Morgan fingerprint density at radius 2 is 1.78 bits per heavy atom. The van der Waals surface area contributed by atoms with Crippen LogP contribution in [0.25, 0.3) is 11.3 Å². The van der Waals surface area contributed by atoms with E-state index in [1.165, 1.54) is 12.1 Å². The summed E-state index contributed by atoms with van der Waals surface area (Å²) in [7, 11) is 0. The molecule has 2 aromatic heterocycles. The summed E-state index contributed by atoms with van der Waals surface area (Å²) in [6.45, 7) is 4.06. The molecule has 12 heteroatoms. The number of carbonyl (C=O) groups excluding carboxylic acids is 2. The molecule has 2 heterocycles. The lowest BCUT2D eigenvalue weighted by molar-refractivity contribution is -0.205. The highest BCUT2D eigenvalue weighted by Crippen LogP contribution is 2.73. The summed E-state index contributed by atoms with van der Waals surface area (Å²) in [4.78, 5) is 24.6. The van der Waals surface area contributed by atoms with Gasteiger partial charge in [-0.1, -0.05) is 36.3 Å². The smallest absolute Gasteiger partial charge is 0.383 e. The van der Waals surface area contributed by atoms with Crippen LogP contribution in [0.1, 0.15) is 61.6 Å². The molecule has 3 aliphatic rings. The summed E-state index contributed by atoms with van der Waals surface area (Å²) in [6.07, 6.45) is -1.42. The number of rotatable bonds is 7. The van der Waals surface area contributed by atoms with Crippen LogP contribution in [0, 0.1) is 5.41 Å². The number of nitrogens with one attached hydrogen (secondary N) is 1. The molecule has 6 rings (SSSR count). The van der Waals surface area contributed by atoms with Crippen LogP contribution in [-0.4, -0.2) is 32.9 Å². The number of anilines is 2. The van der Waals surface area contributed by atoms with Gasteiger partial charge in [0, 0.05) is 17.0 Å². The molecule has 2 amide bonds. The number of nitrogens with two attached hydrogens (primary N) is 2. The van der Waals surface area contributed by atoms with E-state index in [4.69, 9.17) is 16.0 Å². The van der Waals surface area contributed by atoms with Gasteiger partial charge in [0.15, 0.2) is 5.54 Å². The Kier molecular flexibility index (Phi) is 5.26. The van der Waals surface area contributed by atoms with Crippen LogP contribution >= 0.6 is 0 Å². The number of halogens is 3. The molecule has 5 N–H and O–H groups in total. The van der Waals surface area contributed by atoms with E-state index in [-0.39, 0.29) is 34.9 Å². The molecule has 196 valence electrons. The Hall–Kier alpha value is -3.83. The highest BCUT2D eigenvalue weighted by Gasteiger charge is 2.66. The third-order valence-electron chi connectivity index (χ3n) is 7.59. The zero-order valence-corrected chi connectivity index (χ0v) is 20.6. The topological polar surface area (TPSA) is 142 Å². The van der Waals surface area contributed by atoms with Gasteiger partial charge in [0.25, 0.3) is 5.91 Å². The molecule has 3 aromatic rings. The quantitative estimate of drug-likeness (QED) is 0.431. The summed E-state index contributed by atoms with van der Waals surface area (Å²) < 4.78 is 46.6. The highest BCUT2D eigenvalue weighted by atomic mass is 19.4. The molecule has 3 aliphatic carbocycles. The van der Waals surface area contributed by atoms with Gasteiger partial charge in [0.1, 0.15) is 17.1 Å². The maximum absolute atomic E-state index is 13.6. The molecule has 0 spiro atoms. The molecule has 37 heavy (non-hydrogen) atoms. The van der Waals surface area contributed by atoms with Crippen LogP contribution in [0.15, 0.2) is 34.9 Å². The molecule has 3 saturated carbocycles. The van der Waals surface area contributed by atoms with Gasteiger partial charge in [0.05, 0.1) is 12.1 Å². The lowest BCUT2D eigenvalue weighted by Gasteiger charge is -2.68. The summed E-state index contributed by atoms with van der Waals surface area (Å²) in [5, 5.41) is 10.8. The number of primary amides is 1. The van der Waals surface area contributed by atoms with E-state index in [1.807, 2.05) is 0 Å². The number of carbonyl (C=O) groups is 2. The van der Waals surface area contributed by atoms with Crippen LogP contribution < -0.4 is 16.8 Å². The normalized spacial score (nSPS) is 22.8. The van der Waals surface area contributed by atoms with Crippen LogP contribution in [0.5, 0.6) is 0 Å². The minimum absolute atomic E-state index is 0.0138. The first-order chi connectivity index (χ1) is 17.1.